The van der Waals surface area contributed by atoms with E-state index in [9.17, 15) is 20.1 Å². The number of hydrogen-bond donors (Lipinski definition) is 4. The standard InChI is InChI=1S/C42H81NO4/c1-3-5-7-9-11-13-15-17-18-19-20-21-22-23-25-27-29-31-33-35-37-41(46)42(47)43-39(38-44)40(45)36-34-32-30-28-26-24-16-14-12-10-8-6-4-2/h17-18,34,36,39-41,44-46H,3-16,19-33,35,37-38H2,1-2H3,(H,43,47)/b18-17-,36-34+/t39-,40+,41-/m0/s1. The van der Waals surface area contributed by atoms with E-state index < -0.39 is 24.2 Å². The summed E-state index contributed by atoms with van der Waals surface area (Å²) in [7, 11) is 0. The Labute approximate surface area is 292 Å². The van der Waals surface area contributed by atoms with Gasteiger partial charge in [0.15, 0.2) is 0 Å². The van der Waals surface area contributed by atoms with E-state index in [1.165, 1.54) is 161 Å². The van der Waals surface area contributed by atoms with E-state index in [4.69, 9.17) is 0 Å². The molecule has 0 aromatic heterocycles. The molecule has 3 atom stereocenters. The Morgan fingerprint density at radius 3 is 1.23 bits per heavy atom. The fraction of sp³-hybridized carbons (Fsp3) is 0.881. The molecular weight excluding hydrogens is 582 g/mol. The monoisotopic (exact) mass is 664 g/mol. The minimum Gasteiger partial charge on any atom is -0.394 e. The van der Waals surface area contributed by atoms with Crippen LogP contribution in [0.1, 0.15) is 213 Å². The van der Waals surface area contributed by atoms with Gasteiger partial charge in [-0.15, -0.1) is 0 Å². The second-order valence-corrected chi connectivity index (χ2v) is 14.2. The highest BCUT2D eigenvalue weighted by molar-refractivity contribution is 5.80. The van der Waals surface area contributed by atoms with Gasteiger partial charge in [-0.3, -0.25) is 4.79 Å². The number of carbonyl (C=O) groups excluding carboxylic acids is 1. The van der Waals surface area contributed by atoms with Gasteiger partial charge in [0, 0.05) is 0 Å². The molecule has 0 fully saturated rings. The fourth-order valence-corrected chi connectivity index (χ4v) is 6.24. The largest absolute Gasteiger partial charge is 0.394 e. The first-order valence-electron chi connectivity index (χ1n) is 20.7. The van der Waals surface area contributed by atoms with Crippen LogP contribution in [0.4, 0.5) is 0 Å². The zero-order valence-corrected chi connectivity index (χ0v) is 31.4. The van der Waals surface area contributed by atoms with Crippen LogP contribution in [0.15, 0.2) is 24.3 Å². The number of carbonyl (C=O) groups is 1. The van der Waals surface area contributed by atoms with E-state index in [0.717, 1.165) is 32.1 Å². The summed E-state index contributed by atoms with van der Waals surface area (Å²) in [6.45, 7) is 4.17. The molecule has 0 radical (unpaired) electrons. The van der Waals surface area contributed by atoms with Gasteiger partial charge in [0.1, 0.15) is 6.10 Å². The molecule has 0 aliphatic heterocycles. The molecule has 0 aromatic rings. The maximum atomic E-state index is 12.4. The van der Waals surface area contributed by atoms with E-state index in [0.29, 0.717) is 6.42 Å². The van der Waals surface area contributed by atoms with Crippen molar-refractivity contribution in [3.8, 4) is 0 Å². The molecule has 0 saturated heterocycles. The predicted molar refractivity (Wildman–Crippen MR) is 204 cm³/mol. The van der Waals surface area contributed by atoms with Crippen LogP contribution in [0.3, 0.4) is 0 Å². The number of nitrogens with one attached hydrogen (secondary N) is 1. The Kier molecular flexibility index (Phi) is 36.7. The first-order valence-corrected chi connectivity index (χ1v) is 20.7. The maximum Gasteiger partial charge on any atom is 0.249 e. The Hall–Kier alpha value is -1.17. The topological polar surface area (TPSA) is 89.8 Å². The highest BCUT2D eigenvalue weighted by atomic mass is 16.3. The van der Waals surface area contributed by atoms with Gasteiger partial charge in [0.05, 0.1) is 18.8 Å². The third-order valence-electron chi connectivity index (χ3n) is 9.54. The molecule has 0 spiro atoms. The lowest BCUT2D eigenvalue weighted by Gasteiger charge is -2.21. The molecule has 0 rings (SSSR count). The molecule has 0 bridgehead atoms. The van der Waals surface area contributed by atoms with Gasteiger partial charge >= 0.3 is 0 Å². The molecule has 0 aromatic carbocycles. The molecule has 5 heteroatoms. The van der Waals surface area contributed by atoms with Crippen LogP contribution in [0.5, 0.6) is 0 Å². The quantitative estimate of drug-likeness (QED) is 0.0393. The van der Waals surface area contributed by atoms with Gasteiger partial charge in [-0.2, -0.15) is 0 Å². The SMILES string of the molecule is CCCCCCCC/C=C\CCCCCCCCCCCC[C@H](O)C(=O)N[C@@H](CO)[C@H](O)/C=C/CCCCCCCCCCCCC. The average Bonchev–Trinajstić information content (AvgIpc) is 3.07. The zero-order valence-electron chi connectivity index (χ0n) is 31.4. The highest BCUT2D eigenvalue weighted by Gasteiger charge is 2.22. The van der Waals surface area contributed by atoms with E-state index in [2.05, 4.69) is 31.3 Å². The van der Waals surface area contributed by atoms with Crippen LogP contribution < -0.4 is 5.32 Å². The average molecular weight is 664 g/mol. The Bertz CT molecular complexity index is 694. The molecular formula is C42H81NO4. The van der Waals surface area contributed by atoms with E-state index >= 15 is 0 Å². The number of unbranched alkanes of at least 4 members (excludes halogenated alkanes) is 27. The second kappa shape index (κ2) is 37.6. The van der Waals surface area contributed by atoms with Crippen LogP contribution in [-0.4, -0.2) is 46.1 Å². The normalized spacial score (nSPS) is 13.9. The Morgan fingerprint density at radius 1 is 0.511 bits per heavy atom. The Morgan fingerprint density at radius 2 is 0.851 bits per heavy atom. The number of amides is 1. The maximum absolute atomic E-state index is 12.4. The van der Waals surface area contributed by atoms with Crippen molar-refractivity contribution in [1.82, 2.24) is 5.32 Å². The summed E-state index contributed by atoms with van der Waals surface area (Å²) >= 11 is 0. The molecule has 0 saturated carbocycles. The molecule has 278 valence electrons. The number of hydrogen-bond acceptors (Lipinski definition) is 4. The van der Waals surface area contributed by atoms with Crippen LogP contribution in [0.2, 0.25) is 0 Å². The molecule has 0 unspecified atom stereocenters. The summed E-state index contributed by atoms with van der Waals surface area (Å²) in [5, 5.41) is 33.0. The lowest BCUT2D eigenvalue weighted by Crippen LogP contribution is -2.48. The van der Waals surface area contributed by atoms with Gasteiger partial charge in [-0.05, 0) is 44.9 Å². The molecule has 4 N–H and O–H groups in total. The van der Waals surface area contributed by atoms with Crippen molar-refractivity contribution in [2.24, 2.45) is 0 Å². The van der Waals surface area contributed by atoms with Crippen molar-refractivity contribution in [2.45, 2.75) is 231 Å². The van der Waals surface area contributed by atoms with Gasteiger partial charge in [-0.1, -0.05) is 192 Å². The van der Waals surface area contributed by atoms with Crippen molar-refractivity contribution < 1.29 is 20.1 Å². The summed E-state index contributed by atoms with van der Waals surface area (Å²) in [6, 6.07) is -0.794. The highest BCUT2D eigenvalue weighted by Crippen LogP contribution is 2.15. The van der Waals surface area contributed by atoms with E-state index in [1.54, 1.807) is 6.08 Å². The first kappa shape index (κ1) is 45.8. The molecule has 5 nitrogen and oxygen atoms in total. The number of aliphatic hydroxyl groups excluding tert-OH is 3. The van der Waals surface area contributed by atoms with E-state index in [1.807, 2.05) is 6.08 Å². The van der Waals surface area contributed by atoms with Gasteiger partial charge < -0.3 is 20.6 Å². The van der Waals surface area contributed by atoms with Crippen molar-refractivity contribution in [3.63, 3.8) is 0 Å². The fourth-order valence-electron chi connectivity index (χ4n) is 6.24. The predicted octanol–water partition coefficient (Wildman–Crippen LogP) is 11.4. The van der Waals surface area contributed by atoms with Gasteiger partial charge in [0.25, 0.3) is 0 Å². The summed E-state index contributed by atoms with van der Waals surface area (Å²) < 4.78 is 0. The van der Waals surface area contributed by atoms with Gasteiger partial charge in [0.2, 0.25) is 5.91 Å². The second-order valence-electron chi connectivity index (χ2n) is 14.2. The molecule has 0 aliphatic carbocycles. The summed E-state index contributed by atoms with van der Waals surface area (Å²) in [4.78, 5) is 12.4. The number of allylic oxidation sites excluding steroid dienone is 3. The van der Waals surface area contributed by atoms with Gasteiger partial charge in [-0.25, -0.2) is 0 Å². The summed E-state index contributed by atoms with van der Waals surface area (Å²) in [5.41, 5.74) is 0. The van der Waals surface area contributed by atoms with Crippen LogP contribution in [0, 0.1) is 0 Å². The number of rotatable bonds is 37. The lowest BCUT2D eigenvalue weighted by atomic mass is 10.0. The van der Waals surface area contributed by atoms with E-state index in [-0.39, 0.29) is 6.61 Å². The third kappa shape index (κ3) is 33.1. The zero-order chi connectivity index (χ0) is 34.5. The van der Waals surface area contributed by atoms with Crippen LogP contribution in [0.25, 0.3) is 0 Å². The Balaban J connectivity index is 3.67. The third-order valence-corrected chi connectivity index (χ3v) is 9.54. The smallest absolute Gasteiger partial charge is 0.249 e. The molecule has 0 aliphatic rings. The summed E-state index contributed by atoms with van der Waals surface area (Å²) in [5.74, 6) is -0.504. The van der Waals surface area contributed by atoms with Crippen molar-refractivity contribution >= 4 is 5.91 Å². The van der Waals surface area contributed by atoms with Crippen LogP contribution >= 0.6 is 0 Å². The number of aliphatic hydroxyl groups is 3. The van der Waals surface area contributed by atoms with Crippen molar-refractivity contribution in [2.75, 3.05) is 6.61 Å². The molecule has 0 heterocycles. The first-order chi connectivity index (χ1) is 23.1. The molecule has 1 amide bonds. The van der Waals surface area contributed by atoms with Crippen molar-refractivity contribution in [3.05, 3.63) is 24.3 Å². The van der Waals surface area contributed by atoms with Crippen molar-refractivity contribution in [1.29, 1.82) is 0 Å². The minimum absolute atomic E-state index is 0.362. The van der Waals surface area contributed by atoms with Crippen LogP contribution in [-0.2, 0) is 4.79 Å². The summed E-state index contributed by atoms with van der Waals surface area (Å²) in [6.07, 6.45) is 44.8. The minimum atomic E-state index is -1.10. The lowest BCUT2D eigenvalue weighted by molar-refractivity contribution is -0.131. The molecule has 47 heavy (non-hydrogen) atoms.